The van der Waals surface area contributed by atoms with Gasteiger partial charge in [-0.05, 0) is 93.1 Å². The normalized spacial score (nSPS) is 17.4. The fourth-order valence-electron chi connectivity index (χ4n) is 8.65. The number of carbonyl (C=O) groups is 4. The third kappa shape index (κ3) is 10.5. The van der Waals surface area contributed by atoms with E-state index in [-0.39, 0.29) is 37.9 Å². The lowest BCUT2D eigenvalue weighted by molar-refractivity contribution is -0.144. The van der Waals surface area contributed by atoms with Crippen LogP contribution in [0.2, 0.25) is 0 Å². The number of aromatic nitrogens is 4. The first-order valence-corrected chi connectivity index (χ1v) is 24.5. The van der Waals surface area contributed by atoms with Gasteiger partial charge < -0.3 is 35.4 Å². The number of fused-ring (bicyclic) bond motifs is 3. The van der Waals surface area contributed by atoms with Gasteiger partial charge in [0.15, 0.2) is 12.4 Å². The van der Waals surface area contributed by atoms with Crippen molar-refractivity contribution in [3.63, 3.8) is 0 Å². The van der Waals surface area contributed by atoms with Gasteiger partial charge in [-0.15, -0.1) is 32.9 Å². The molecule has 0 bridgehead atoms. The largest absolute Gasteiger partial charge is 0.484 e. The summed E-state index contributed by atoms with van der Waals surface area (Å²) in [5, 5.41) is 29.7. The number of benzene rings is 3. The van der Waals surface area contributed by atoms with Gasteiger partial charge in [0.25, 0.3) is 5.91 Å². The number of nitrogens with one attached hydrogen (secondary N) is 3. The number of amides is 3. The van der Waals surface area contributed by atoms with E-state index in [4.69, 9.17) is 14.5 Å². The van der Waals surface area contributed by atoms with Gasteiger partial charge >= 0.3 is 5.97 Å². The zero-order chi connectivity index (χ0) is 49.3. The molecule has 69 heavy (non-hydrogen) atoms. The van der Waals surface area contributed by atoms with Crippen molar-refractivity contribution in [3.8, 4) is 21.2 Å². The molecule has 5 atom stereocenters. The summed E-state index contributed by atoms with van der Waals surface area (Å²) in [5.74, 6) is 0.00799. The van der Waals surface area contributed by atoms with Crippen LogP contribution in [0.25, 0.3) is 15.4 Å². The Kier molecular flexibility index (Phi) is 14.2. The van der Waals surface area contributed by atoms with Crippen LogP contribution < -0.4 is 20.7 Å². The first-order valence-electron chi connectivity index (χ1n) is 22.8. The lowest BCUT2D eigenvalue weighted by Gasteiger charge is -2.35. The molecule has 1 saturated heterocycles. The molecule has 3 amide bonds. The number of nitrogens with zero attached hydrogens (tertiary/aromatic N) is 6. The average molecular weight is 972 g/mol. The van der Waals surface area contributed by atoms with Crippen molar-refractivity contribution >= 4 is 63.5 Å². The Balaban J connectivity index is 0.879. The van der Waals surface area contributed by atoms with E-state index in [9.17, 15) is 24.3 Å². The van der Waals surface area contributed by atoms with E-state index in [2.05, 4.69) is 45.0 Å². The zero-order valence-electron chi connectivity index (χ0n) is 40.1. The number of rotatable bonds is 14. The lowest BCUT2D eigenvalue weighted by Crippen LogP contribution is -2.58. The molecule has 2 unspecified atom stereocenters. The van der Waals surface area contributed by atoms with E-state index >= 15 is 0 Å². The zero-order valence-corrected chi connectivity index (χ0v) is 41.8. The highest BCUT2D eigenvalue weighted by atomic mass is 32.1. The number of ether oxygens (including phenoxy) is 2. The highest BCUT2D eigenvalue weighted by molar-refractivity contribution is 7.15. The molecule has 3 aromatic heterocycles. The minimum absolute atomic E-state index is 0.0190. The minimum atomic E-state index is -1.01. The number of anilines is 2. The van der Waals surface area contributed by atoms with Crippen molar-refractivity contribution in [2.45, 2.75) is 98.5 Å². The molecule has 360 valence electrons. The number of aliphatic hydroxyl groups excluding tert-OH is 1. The molecule has 18 heteroatoms. The van der Waals surface area contributed by atoms with Crippen molar-refractivity contribution in [1.82, 2.24) is 35.3 Å². The maximum Gasteiger partial charge on any atom is 0.308 e. The van der Waals surface area contributed by atoms with Gasteiger partial charge in [0, 0.05) is 40.3 Å². The van der Waals surface area contributed by atoms with Crippen molar-refractivity contribution in [3.05, 3.63) is 123 Å². The summed E-state index contributed by atoms with van der Waals surface area (Å²) in [4.78, 5) is 67.0. The average Bonchev–Trinajstić information content (AvgIpc) is 4.09. The van der Waals surface area contributed by atoms with E-state index in [1.165, 1.54) is 12.0 Å². The highest BCUT2D eigenvalue weighted by Crippen LogP contribution is 2.40. The van der Waals surface area contributed by atoms with Gasteiger partial charge in [-0.25, -0.2) is 4.98 Å². The molecule has 5 heterocycles. The first kappa shape index (κ1) is 48.7. The number of hydrogen-bond donors (Lipinski definition) is 4. The summed E-state index contributed by atoms with van der Waals surface area (Å²) >= 11 is 3.21. The molecule has 2 aliphatic heterocycles. The molecule has 0 aliphatic carbocycles. The molecule has 0 radical (unpaired) electrons. The fraction of sp³-hybridized carbons (Fsp3) is 0.373. The minimum Gasteiger partial charge on any atom is -0.484 e. The number of aliphatic imine (C=N–C) groups is 1. The van der Waals surface area contributed by atoms with Gasteiger partial charge in [-0.2, -0.15) is 0 Å². The predicted molar refractivity (Wildman–Crippen MR) is 266 cm³/mol. The number of esters is 1. The third-order valence-electron chi connectivity index (χ3n) is 12.6. The number of aliphatic hydroxyl groups is 1. The van der Waals surface area contributed by atoms with Crippen LogP contribution in [0.3, 0.4) is 0 Å². The summed E-state index contributed by atoms with van der Waals surface area (Å²) in [7, 11) is 1.36. The lowest BCUT2D eigenvalue weighted by atomic mass is 9.85. The van der Waals surface area contributed by atoms with Crippen molar-refractivity contribution in [2.24, 2.45) is 10.4 Å². The smallest absolute Gasteiger partial charge is 0.308 e. The monoisotopic (exact) mass is 971 g/mol. The summed E-state index contributed by atoms with van der Waals surface area (Å²) in [5.41, 5.74) is 9.29. The molecule has 3 aromatic carbocycles. The Morgan fingerprint density at radius 1 is 0.899 bits per heavy atom. The quantitative estimate of drug-likeness (QED) is 0.0782. The fourth-order valence-corrected chi connectivity index (χ4v) is 10.7. The van der Waals surface area contributed by atoms with Crippen LogP contribution in [0.1, 0.15) is 97.1 Å². The molecular formula is C51H57N9O7S2. The van der Waals surface area contributed by atoms with Crippen LogP contribution in [0.5, 0.6) is 5.75 Å². The second kappa shape index (κ2) is 20.1. The van der Waals surface area contributed by atoms with Crippen molar-refractivity contribution in [2.75, 3.05) is 25.6 Å². The summed E-state index contributed by atoms with van der Waals surface area (Å²) in [6.07, 6.45) is -0.799. The number of hydrogen-bond acceptors (Lipinski definition) is 14. The van der Waals surface area contributed by atoms with Crippen molar-refractivity contribution in [1.29, 1.82) is 0 Å². The Labute approximate surface area is 409 Å². The number of carbonyl (C=O) groups excluding carboxylic acids is 4. The second-order valence-corrected chi connectivity index (χ2v) is 20.6. The number of thiazole rings is 1. The molecule has 6 aromatic rings. The van der Waals surface area contributed by atoms with E-state index in [1.54, 1.807) is 34.8 Å². The second-order valence-electron chi connectivity index (χ2n) is 18.6. The van der Waals surface area contributed by atoms with Crippen molar-refractivity contribution < 1.29 is 33.8 Å². The Bertz CT molecular complexity index is 2900. The van der Waals surface area contributed by atoms with Gasteiger partial charge in [-0.3, -0.25) is 28.7 Å². The Morgan fingerprint density at radius 3 is 2.20 bits per heavy atom. The van der Waals surface area contributed by atoms with E-state index in [1.807, 2.05) is 112 Å². The van der Waals surface area contributed by atoms with Crippen LogP contribution in [0.15, 0.2) is 83.3 Å². The number of β-amino-alcohol motifs (C(OH)–C–C–N with tert-alkyl or cyclic N) is 1. The molecular weight excluding hydrogens is 915 g/mol. The molecule has 8 rings (SSSR count). The maximum absolute atomic E-state index is 14.2. The third-order valence-corrected chi connectivity index (χ3v) is 14.7. The molecule has 16 nitrogen and oxygen atoms in total. The molecule has 1 fully saturated rings. The van der Waals surface area contributed by atoms with Crippen LogP contribution in [0.4, 0.5) is 11.4 Å². The van der Waals surface area contributed by atoms with Gasteiger partial charge in [0.2, 0.25) is 11.8 Å². The van der Waals surface area contributed by atoms with E-state index in [0.717, 1.165) is 65.4 Å². The topological polar surface area (TPSA) is 202 Å². The number of aryl methyl sites for hydroxylation is 3. The number of thiophene rings is 1. The predicted octanol–water partition coefficient (Wildman–Crippen LogP) is 7.63. The summed E-state index contributed by atoms with van der Waals surface area (Å²) in [6, 6.07) is 20.1. The Morgan fingerprint density at radius 2 is 1.57 bits per heavy atom. The van der Waals surface area contributed by atoms with E-state index in [0.29, 0.717) is 17.4 Å². The SMILES string of the molecule is COC(=O)C[C@@H]1N=C(c2ccc(Nc3ccc(OCC(=O)NC(C(=O)N4C[C@H](O)C[C@H]4C(=O)NC(C)c4ccc(-c5scnc5C)cc4)C(C)(C)C)cc3)cc2)c2c(sc(C)c2C)-n2c(C)nnc21. The standard InChI is InChI=1S/C51H57N9O7S2/c1-27-30(4)69-50-43(27)44(55-39(23-42(63)66-9)47-58-57-31(5)60(47)50)33-14-16-35(17-15-33)54-36-18-20-38(21-19-36)67-25-41(62)56-46(51(6,7)8)49(65)59-24-37(61)22-40(59)48(64)53-28(2)32-10-12-34(13-11-32)45-29(3)52-26-68-45/h10-21,26,28,37,39-40,46,54,61H,22-25H2,1-9H3,(H,53,64)(H,56,62)/t28?,37-,39+,40+,46?/m1/s1. The first-order chi connectivity index (χ1) is 32.9. The van der Waals surface area contributed by atoms with Gasteiger partial charge in [-0.1, -0.05) is 57.2 Å². The van der Waals surface area contributed by atoms with Crippen LogP contribution in [-0.4, -0.2) is 97.6 Å². The van der Waals surface area contributed by atoms with Gasteiger partial charge in [0.05, 0.1) is 47.5 Å². The van der Waals surface area contributed by atoms with Crippen LogP contribution in [-0.2, 0) is 23.9 Å². The number of methoxy groups -OCH3 is 1. The highest BCUT2D eigenvalue weighted by Gasteiger charge is 2.45. The molecule has 2 aliphatic rings. The van der Waals surface area contributed by atoms with Gasteiger partial charge in [0.1, 0.15) is 34.7 Å². The van der Waals surface area contributed by atoms with Crippen LogP contribution >= 0.6 is 22.7 Å². The molecule has 0 spiro atoms. The maximum atomic E-state index is 14.2. The van der Waals surface area contributed by atoms with Crippen LogP contribution in [0, 0.1) is 33.1 Å². The molecule has 0 saturated carbocycles. The molecule has 4 N–H and O–H groups in total. The number of likely N-dealkylation sites (tertiary alicyclic amines) is 1. The summed E-state index contributed by atoms with van der Waals surface area (Å²) < 4.78 is 12.9. The van der Waals surface area contributed by atoms with E-state index < -0.39 is 47.4 Å². The summed E-state index contributed by atoms with van der Waals surface area (Å²) in [6.45, 7) is 15.0. The Hall–Kier alpha value is -6.76.